The van der Waals surface area contributed by atoms with Gasteiger partial charge in [-0.25, -0.2) is 4.98 Å². The van der Waals surface area contributed by atoms with Crippen LogP contribution in [0, 0.1) is 13.8 Å². The minimum atomic E-state index is -0.0485. The number of benzene rings is 3. The molecule has 0 atom stereocenters. The highest BCUT2D eigenvalue weighted by molar-refractivity contribution is 7.99. The Hall–Kier alpha value is -3.31. The number of amides is 1. The van der Waals surface area contributed by atoms with Crippen LogP contribution < -0.4 is 5.32 Å². The van der Waals surface area contributed by atoms with Gasteiger partial charge in [0.1, 0.15) is 0 Å². The van der Waals surface area contributed by atoms with Gasteiger partial charge in [0.2, 0.25) is 5.91 Å². The molecule has 0 radical (unpaired) electrons. The molecule has 1 aromatic heterocycles. The Bertz CT molecular complexity index is 1100. The number of imidazole rings is 1. The lowest BCUT2D eigenvalue weighted by Gasteiger charge is -2.09. The van der Waals surface area contributed by atoms with Crippen molar-refractivity contribution in [3.63, 3.8) is 0 Å². The number of carbonyl (C=O) groups is 1. The van der Waals surface area contributed by atoms with Crippen LogP contribution in [0.2, 0.25) is 0 Å². The van der Waals surface area contributed by atoms with E-state index in [0.29, 0.717) is 0 Å². The van der Waals surface area contributed by atoms with Gasteiger partial charge in [0.25, 0.3) is 0 Å². The summed E-state index contributed by atoms with van der Waals surface area (Å²) in [6.07, 6.45) is 0. The maximum absolute atomic E-state index is 12.5. The first-order valence-electron chi connectivity index (χ1n) is 9.81. The van der Waals surface area contributed by atoms with Crippen LogP contribution in [0.25, 0.3) is 22.5 Å². The molecule has 0 aliphatic carbocycles. The maximum atomic E-state index is 12.5. The van der Waals surface area contributed by atoms with Crippen LogP contribution >= 0.6 is 11.8 Å². The van der Waals surface area contributed by atoms with Crippen molar-refractivity contribution in [1.29, 1.82) is 0 Å². The molecule has 4 aromatic rings. The number of rotatable bonds is 6. The quantitative estimate of drug-likeness (QED) is 0.376. The van der Waals surface area contributed by atoms with Gasteiger partial charge in [-0.2, -0.15) is 0 Å². The van der Waals surface area contributed by atoms with Crippen molar-refractivity contribution in [1.82, 2.24) is 9.97 Å². The van der Waals surface area contributed by atoms with Crippen molar-refractivity contribution in [3.05, 3.63) is 90.0 Å². The standard InChI is InChI=1S/C25H23N3OS/c1-17-10-9-15-21(18(17)2)26-22(29)16-30-25-27-23(19-11-5-3-6-12-19)24(28-25)20-13-7-4-8-14-20/h3-15H,16H2,1-2H3,(H,26,29)(H,27,28). The molecule has 0 spiro atoms. The number of anilines is 1. The van der Waals surface area contributed by atoms with Crippen LogP contribution in [0.5, 0.6) is 0 Å². The summed E-state index contributed by atoms with van der Waals surface area (Å²) in [4.78, 5) is 20.7. The second kappa shape index (κ2) is 9.01. The molecule has 2 N–H and O–H groups in total. The molecular formula is C25H23N3OS. The third-order valence-electron chi connectivity index (χ3n) is 5.01. The molecule has 150 valence electrons. The normalized spacial score (nSPS) is 10.7. The summed E-state index contributed by atoms with van der Waals surface area (Å²) in [6, 6.07) is 26.1. The summed E-state index contributed by atoms with van der Waals surface area (Å²) < 4.78 is 0. The largest absolute Gasteiger partial charge is 0.332 e. The van der Waals surface area contributed by atoms with Gasteiger partial charge in [-0.1, -0.05) is 84.6 Å². The third kappa shape index (κ3) is 4.47. The maximum Gasteiger partial charge on any atom is 0.234 e. The average Bonchev–Trinajstić information content (AvgIpc) is 3.21. The number of aromatic amines is 1. The zero-order chi connectivity index (χ0) is 20.9. The lowest BCUT2D eigenvalue weighted by Crippen LogP contribution is -2.15. The Balaban J connectivity index is 1.54. The van der Waals surface area contributed by atoms with Gasteiger partial charge in [0.15, 0.2) is 5.16 Å². The number of thioether (sulfide) groups is 1. The smallest absolute Gasteiger partial charge is 0.234 e. The summed E-state index contributed by atoms with van der Waals surface area (Å²) in [5.74, 6) is 0.233. The molecule has 5 heteroatoms. The molecule has 4 nitrogen and oxygen atoms in total. The Morgan fingerprint density at radius 2 is 1.57 bits per heavy atom. The summed E-state index contributed by atoms with van der Waals surface area (Å²) in [7, 11) is 0. The Morgan fingerprint density at radius 1 is 0.900 bits per heavy atom. The Morgan fingerprint density at radius 3 is 2.27 bits per heavy atom. The Labute approximate surface area is 180 Å². The highest BCUT2D eigenvalue weighted by Crippen LogP contribution is 2.32. The molecule has 0 bridgehead atoms. The second-order valence-electron chi connectivity index (χ2n) is 7.08. The van der Waals surface area contributed by atoms with Crippen LogP contribution in [0.3, 0.4) is 0 Å². The van der Waals surface area contributed by atoms with Crippen molar-refractivity contribution < 1.29 is 4.79 Å². The van der Waals surface area contributed by atoms with E-state index in [9.17, 15) is 4.79 Å². The summed E-state index contributed by atoms with van der Waals surface area (Å²) >= 11 is 1.40. The predicted octanol–water partition coefficient (Wildman–Crippen LogP) is 6.09. The number of carbonyl (C=O) groups excluding carboxylic acids is 1. The van der Waals surface area contributed by atoms with Crippen LogP contribution in [-0.2, 0) is 4.79 Å². The predicted molar refractivity (Wildman–Crippen MR) is 125 cm³/mol. The van der Waals surface area contributed by atoms with Crippen molar-refractivity contribution in [2.45, 2.75) is 19.0 Å². The zero-order valence-corrected chi connectivity index (χ0v) is 17.8. The van der Waals surface area contributed by atoms with E-state index in [1.54, 1.807) is 0 Å². The molecule has 0 aliphatic heterocycles. The van der Waals surface area contributed by atoms with E-state index >= 15 is 0 Å². The van der Waals surface area contributed by atoms with Crippen molar-refractivity contribution in [3.8, 4) is 22.5 Å². The van der Waals surface area contributed by atoms with Crippen molar-refractivity contribution in [2.75, 3.05) is 11.1 Å². The molecule has 0 unspecified atom stereocenters. The first kappa shape index (κ1) is 20.0. The number of nitrogens with one attached hydrogen (secondary N) is 2. The number of aromatic nitrogens is 2. The molecule has 3 aromatic carbocycles. The fraction of sp³-hybridized carbons (Fsp3) is 0.120. The van der Waals surface area contributed by atoms with Gasteiger partial charge in [-0.05, 0) is 31.0 Å². The molecule has 0 saturated heterocycles. The molecule has 1 heterocycles. The molecule has 1 amide bonds. The minimum Gasteiger partial charge on any atom is -0.332 e. The van der Waals surface area contributed by atoms with Crippen LogP contribution in [0.15, 0.2) is 84.0 Å². The first-order valence-corrected chi connectivity index (χ1v) is 10.8. The van der Waals surface area contributed by atoms with E-state index in [1.165, 1.54) is 11.8 Å². The van der Waals surface area contributed by atoms with Gasteiger partial charge >= 0.3 is 0 Å². The molecule has 0 aliphatic rings. The summed E-state index contributed by atoms with van der Waals surface area (Å²) in [6.45, 7) is 4.06. The van der Waals surface area contributed by atoms with Crippen molar-refractivity contribution in [2.24, 2.45) is 0 Å². The van der Waals surface area contributed by atoms with E-state index in [4.69, 9.17) is 4.98 Å². The summed E-state index contributed by atoms with van der Waals surface area (Å²) in [5.41, 5.74) is 7.06. The third-order valence-corrected chi connectivity index (χ3v) is 5.88. The lowest BCUT2D eigenvalue weighted by molar-refractivity contribution is -0.113. The van der Waals surface area contributed by atoms with Gasteiger partial charge in [-0.15, -0.1) is 0 Å². The molecule has 30 heavy (non-hydrogen) atoms. The number of hydrogen-bond donors (Lipinski definition) is 2. The number of nitrogens with zero attached hydrogens (tertiary/aromatic N) is 1. The first-order chi connectivity index (χ1) is 14.6. The Kier molecular flexibility index (Phi) is 6.00. The van der Waals surface area contributed by atoms with Crippen LogP contribution in [-0.4, -0.2) is 21.6 Å². The van der Waals surface area contributed by atoms with Gasteiger partial charge in [0.05, 0.1) is 17.1 Å². The molecular weight excluding hydrogens is 390 g/mol. The second-order valence-corrected chi connectivity index (χ2v) is 8.05. The number of hydrogen-bond acceptors (Lipinski definition) is 3. The average molecular weight is 414 g/mol. The topological polar surface area (TPSA) is 57.8 Å². The zero-order valence-electron chi connectivity index (χ0n) is 17.0. The molecule has 4 rings (SSSR count). The fourth-order valence-corrected chi connectivity index (χ4v) is 3.92. The number of H-pyrrole nitrogens is 1. The van der Waals surface area contributed by atoms with E-state index in [0.717, 1.165) is 44.5 Å². The van der Waals surface area contributed by atoms with E-state index in [-0.39, 0.29) is 11.7 Å². The SMILES string of the molecule is Cc1cccc(NC(=O)CSc2nc(-c3ccccc3)c(-c3ccccc3)[nH]2)c1C. The monoisotopic (exact) mass is 413 g/mol. The summed E-state index contributed by atoms with van der Waals surface area (Å²) in [5, 5.41) is 3.73. The van der Waals surface area contributed by atoms with Gasteiger partial charge < -0.3 is 10.3 Å². The highest BCUT2D eigenvalue weighted by Gasteiger charge is 2.15. The van der Waals surface area contributed by atoms with Gasteiger partial charge in [-0.3, -0.25) is 4.79 Å². The molecule has 0 fully saturated rings. The number of aryl methyl sites for hydroxylation is 1. The van der Waals surface area contributed by atoms with E-state index in [1.807, 2.05) is 80.6 Å². The lowest BCUT2D eigenvalue weighted by atomic mass is 10.1. The van der Waals surface area contributed by atoms with Crippen LogP contribution in [0.1, 0.15) is 11.1 Å². The fourth-order valence-electron chi connectivity index (χ4n) is 3.25. The van der Waals surface area contributed by atoms with E-state index in [2.05, 4.69) is 22.4 Å². The van der Waals surface area contributed by atoms with E-state index < -0.39 is 0 Å². The molecule has 0 saturated carbocycles. The van der Waals surface area contributed by atoms with Crippen molar-refractivity contribution >= 4 is 23.4 Å². The van der Waals surface area contributed by atoms with Gasteiger partial charge in [0, 0.05) is 16.8 Å². The minimum absolute atomic E-state index is 0.0485. The highest BCUT2D eigenvalue weighted by atomic mass is 32.2. The van der Waals surface area contributed by atoms with Crippen LogP contribution in [0.4, 0.5) is 5.69 Å².